The lowest BCUT2D eigenvalue weighted by atomic mass is 10.0. The molecule has 2 atom stereocenters. The third-order valence-electron chi connectivity index (χ3n) is 2.48. The Hall–Kier alpha value is -0.650. The van der Waals surface area contributed by atoms with Gasteiger partial charge in [-0.3, -0.25) is 0 Å². The highest BCUT2D eigenvalue weighted by Crippen LogP contribution is 2.27. The molecule has 88 valence electrons. The zero-order valence-corrected chi connectivity index (χ0v) is 9.34. The summed E-state index contributed by atoms with van der Waals surface area (Å²) in [5, 5.41) is 9.92. The van der Waals surface area contributed by atoms with Gasteiger partial charge in [0.2, 0.25) is 0 Å². The Morgan fingerprint density at radius 1 is 1.44 bits per heavy atom. The lowest BCUT2D eigenvalue weighted by molar-refractivity contribution is -0.0242. The highest BCUT2D eigenvalue weighted by molar-refractivity contribution is 7.99. The standard InChI is InChI=1S/C11H12F2O2S/c12-7-1-2-8(9(13)5-7)11(14)10-6-16-4-3-15-10/h1-2,5,10-11,14H,3-4,6H2. The molecule has 0 amide bonds. The molecule has 0 aliphatic carbocycles. The molecule has 2 rings (SSSR count). The monoisotopic (exact) mass is 246 g/mol. The van der Waals surface area contributed by atoms with Crippen LogP contribution in [0.25, 0.3) is 0 Å². The molecule has 2 nitrogen and oxygen atoms in total. The van der Waals surface area contributed by atoms with E-state index in [0.717, 1.165) is 17.9 Å². The smallest absolute Gasteiger partial charge is 0.132 e. The molecular formula is C11H12F2O2S. The Labute approximate surface area is 96.6 Å². The minimum absolute atomic E-state index is 0.0916. The molecular weight excluding hydrogens is 234 g/mol. The number of aliphatic hydroxyl groups is 1. The maximum Gasteiger partial charge on any atom is 0.132 e. The molecule has 1 N–H and O–H groups in total. The van der Waals surface area contributed by atoms with Gasteiger partial charge < -0.3 is 9.84 Å². The molecule has 1 heterocycles. The van der Waals surface area contributed by atoms with E-state index in [4.69, 9.17) is 4.74 Å². The van der Waals surface area contributed by atoms with Gasteiger partial charge in [-0.2, -0.15) is 11.8 Å². The quantitative estimate of drug-likeness (QED) is 0.867. The second-order valence-corrected chi connectivity index (χ2v) is 4.74. The van der Waals surface area contributed by atoms with E-state index >= 15 is 0 Å². The summed E-state index contributed by atoms with van der Waals surface area (Å²) in [5.74, 6) is 0.131. The molecule has 0 spiro atoms. The van der Waals surface area contributed by atoms with Gasteiger partial charge in [0, 0.05) is 23.1 Å². The molecule has 1 aromatic carbocycles. The maximum absolute atomic E-state index is 13.4. The third-order valence-corrected chi connectivity index (χ3v) is 3.49. The predicted octanol–water partition coefficient (Wildman–Crippen LogP) is 2.13. The van der Waals surface area contributed by atoms with E-state index in [2.05, 4.69) is 0 Å². The Kier molecular flexibility index (Phi) is 3.78. The van der Waals surface area contributed by atoms with Crippen LogP contribution in [0, 0.1) is 11.6 Å². The van der Waals surface area contributed by atoms with E-state index < -0.39 is 23.8 Å². The topological polar surface area (TPSA) is 29.5 Å². The number of hydrogen-bond acceptors (Lipinski definition) is 3. The molecule has 1 fully saturated rings. The second kappa shape index (κ2) is 5.12. The first-order valence-corrected chi connectivity index (χ1v) is 6.16. The van der Waals surface area contributed by atoms with Gasteiger partial charge in [0.25, 0.3) is 0 Å². The van der Waals surface area contributed by atoms with Crippen LogP contribution >= 0.6 is 11.8 Å². The molecule has 1 aliphatic rings. The third kappa shape index (κ3) is 2.53. The molecule has 1 saturated heterocycles. The lowest BCUT2D eigenvalue weighted by Gasteiger charge is -2.27. The van der Waals surface area contributed by atoms with E-state index in [9.17, 15) is 13.9 Å². The summed E-state index contributed by atoms with van der Waals surface area (Å²) in [5.41, 5.74) is 0.0916. The van der Waals surface area contributed by atoms with Gasteiger partial charge in [-0.05, 0) is 6.07 Å². The first-order chi connectivity index (χ1) is 7.68. The summed E-state index contributed by atoms with van der Waals surface area (Å²) >= 11 is 1.65. The number of hydrogen-bond donors (Lipinski definition) is 1. The molecule has 5 heteroatoms. The van der Waals surface area contributed by atoms with Crippen LogP contribution < -0.4 is 0 Å². The predicted molar refractivity (Wildman–Crippen MR) is 58.4 cm³/mol. The zero-order chi connectivity index (χ0) is 11.5. The van der Waals surface area contributed by atoms with Crippen LogP contribution in [-0.2, 0) is 4.74 Å². The molecule has 2 unspecified atom stereocenters. The number of rotatable bonds is 2. The molecule has 0 saturated carbocycles. The summed E-state index contributed by atoms with van der Waals surface area (Å²) < 4.78 is 31.4. The van der Waals surface area contributed by atoms with Crippen molar-refractivity contribution < 1.29 is 18.6 Å². The lowest BCUT2D eigenvalue weighted by Crippen LogP contribution is -2.30. The Balaban J connectivity index is 2.15. The molecule has 0 radical (unpaired) electrons. The van der Waals surface area contributed by atoms with Crippen molar-refractivity contribution >= 4 is 11.8 Å². The van der Waals surface area contributed by atoms with Crippen LogP contribution in [0.1, 0.15) is 11.7 Å². The van der Waals surface area contributed by atoms with Crippen molar-refractivity contribution in [3.63, 3.8) is 0 Å². The van der Waals surface area contributed by atoms with E-state index in [1.54, 1.807) is 11.8 Å². The average molecular weight is 246 g/mol. The minimum Gasteiger partial charge on any atom is -0.386 e. The maximum atomic E-state index is 13.4. The van der Waals surface area contributed by atoms with Gasteiger partial charge in [0.15, 0.2) is 0 Å². The molecule has 1 aliphatic heterocycles. The summed E-state index contributed by atoms with van der Waals surface area (Å²) in [6, 6.07) is 3.17. The van der Waals surface area contributed by atoms with Crippen LogP contribution in [0.3, 0.4) is 0 Å². The van der Waals surface area contributed by atoms with Gasteiger partial charge >= 0.3 is 0 Å². The summed E-state index contributed by atoms with van der Waals surface area (Å²) in [6.45, 7) is 0.551. The van der Waals surface area contributed by atoms with Crippen LogP contribution in [0.2, 0.25) is 0 Å². The highest BCUT2D eigenvalue weighted by Gasteiger charge is 2.26. The average Bonchev–Trinajstić information content (AvgIpc) is 2.29. The fourth-order valence-corrected chi connectivity index (χ4v) is 2.52. The van der Waals surface area contributed by atoms with Crippen LogP contribution in [0.15, 0.2) is 18.2 Å². The van der Waals surface area contributed by atoms with Gasteiger partial charge in [0.05, 0.1) is 12.7 Å². The van der Waals surface area contributed by atoms with E-state index in [0.29, 0.717) is 12.4 Å². The van der Waals surface area contributed by atoms with Gasteiger partial charge in [-0.15, -0.1) is 0 Å². The Morgan fingerprint density at radius 2 is 2.25 bits per heavy atom. The van der Waals surface area contributed by atoms with Crippen molar-refractivity contribution in [2.45, 2.75) is 12.2 Å². The number of thioether (sulfide) groups is 1. The molecule has 0 bridgehead atoms. The van der Waals surface area contributed by atoms with E-state index in [1.807, 2.05) is 0 Å². The number of aliphatic hydroxyl groups excluding tert-OH is 1. The molecule has 16 heavy (non-hydrogen) atoms. The molecule has 0 aromatic heterocycles. The van der Waals surface area contributed by atoms with Gasteiger partial charge in [-0.25, -0.2) is 8.78 Å². The molecule has 1 aromatic rings. The largest absolute Gasteiger partial charge is 0.386 e. The fraction of sp³-hybridized carbons (Fsp3) is 0.455. The summed E-state index contributed by atoms with van der Waals surface area (Å²) in [4.78, 5) is 0. The Bertz CT molecular complexity index is 367. The van der Waals surface area contributed by atoms with Crippen molar-refractivity contribution in [2.75, 3.05) is 18.1 Å². The van der Waals surface area contributed by atoms with E-state index in [1.165, 1.54) is 6.07 Å². The summed E-state index contributed by atoms with van der Waals surface area (Å²) in [7, 11) is 0. The van der Waals surface area contributed by atoms with E-state index in [-0.39, 0.29) is 5.56 Å². The number of benzene rings is 1. The first-order valence-electron chi connectivity index (χ1n) is 5.01. The van der Waals surface area contributed by atoms with Gasteiger partial charge in [-0.1, -0.05) is 6.07 Å². The SMILES string of the molecule is OC(c1ccc(F)cc1F)C1CSCCO1. The number of halogens is 2. The fourth-order valence-electron chi connectivity index (χ4n) is 1.63. The highest BCUT2D eigenvalue weighted by atomic mass is 32.2. The van der Waals surface area contributed by atoms with Crippen molar-refractivity contribution in [3.8, 4) is 0 Å². The van der Waals surface area contributed by atoms with Crippen LogP contribution in [0.5, 0.6) is 0 Å². The van der Waals surface area contributed by atoms with Gasteiger partial charge in [0.1, 0.15) is 17.7 Å². The normalized spacial score (nSPS) is 23.1. The minimum atomic E-state index is -1.03. The first kappa shape index (κ1) is 11.8. The van der Waals surface area contributed by atoms with Crippen molar-refractivity contribution in [1.29, 1.82) is 0 Å². The van der Waals surface area contributed by atoms with Crippen LogP contribution in [0.4, 0.5) is 8.78 Å². The number of ether oxygens (including phenoxy) is 1. The Morgan fingerprint density at radius 3 is 2.88 bits per heavy atom. The van der Waals surface area contributed by atoms with Crippen LogP contribution in [-0.4, -0.2) is 29.3 Å². The van der Waals surface area contributed by atoms with Crippen molar-refractivity contribution in [2.24, 2.45) is 0 Å². The summed E-state index contributed by atoms with van der Waals surface area (Å²) in [6.07, 6.45) is -1.45. The van der Waals surface area contributed by atoms with Crippen molar-refractivity contribution in [3.05, 3.63) is 35.4 Å². The second-order valence-electron chi connectivity index (χ2n) is 3.59. The van der Waals surface area contributed by atoms with Crippen molar-refractivity contribution in [1.82, 2.24) is 0 Å². The zero-order valence-electron chi connectivity index (χ0n) is 8.53.